The van der Waals surface area contributed by atoms with Crippen LogP contribution in [0.25, 0.3) is 12.2 Å². The Balaban J connectivity index is 1.88. The molecule has 0 saturated heterocycles. The highest BCUT2D eigenvalue weighted by Gasteiger charge is 2.21. The van der Waals surface area contributed by atoms with Crippen molar-refractivity contribution in [2.24, 2.45) is 0 Å². The Morgan fingerprint density at radius 1 is 1.13 bits per heavy atom. The van der Waals surface area contributed by atoms with Gasteiger partial charge in [0.2, 0.25) is 0 Å². The molecule has 0 saturated carbocycles. The van der Waals surface area contributed by atoms with E-state index < -0.39 is 27.0 Å². The Bertz CT molecular complexity index is 1250. The number of aromatic hydroxyl groups is 1. The van der Waals surface area contributed by atoms with E-state index in [9.17, 15) is 30.1 Å². The zero-order valence-electron chi connectivity index (χ0n) is 15.7. The van der Waals surface area contributed by atoms with Crippen LogP contribution in [-0.2, 0) is 0 Å². The van der Waals surface area contributed by atoms with Crippen LogP contribution in [0.2, 0.25) is 0 Å². The van der Waals surface area contributed by atoms with Crippen LogP contribution >= 0.6 is 0 Å². The molecule has 3 rings (SSSR count). The summed E-state index contributed by atoms with van der Waals surface area (Å²) in [4.78, 5) is 41.4. The van der Waals surface area contributed by atoms with Crippen molar-refractivity contribution in [1.82, 2.24) is 15.0 Å². The van der Waals surface area contributed by atoms with Gasteiger partial charge in [0.05, 0.1) is 17.0 Å². The van der Waals surface area contributed by atoms with E-state index >= 15 is 0 Å². The van der Waals surface area contributed by atoms with Crippen LogP contribution < -0.4 is 15.0 Å². The minimum Gasteiger partial charge on any atom is -0.493 e. The van der Waals surface area contributed by atoms with E-state index in [0.29, 0.717) is 5.56 Å². The summed E-state index contributed by atoms with van der Waals surface area (Å²) in [5.41, 5.74) is -1.93. The molecule has 0 aliphatic heterocycles. The molecule has 1 aromatic carbocycles. The van der Waals surface area contributed by atoms with E-state index in [-0.39, 0.29) is 28.9 Å². The monoisotopic (exact) mass is 427 g/mol. The third kappa shape index (κ3) is 4.61. The lowest BCUT2D eigenvalue weighted by molar-refractivity contribution is -0.387. The van der Waals surface area contributed by atoms with Crippen molar-refractivity contribution < 1.29 is 24.4 Å². The van der Waals surface area contributed by atoms with E-state index in [1.165, 1.54) is 49.7 Å². The van der Waals surface area contributed by atoms with E-state index in [1.807, 2.05) is 0 Å². The Kier molecular flexibility index (Phi) is 5.86. The van der Waals surface area contributed by atoms with Crippen molar-refractivity contribution in [3.8, 4) is 23.3 Å². The van der Waals surface area contributed by atoms with Gasteiger partial charge in [0.1, 0.15) is 5.82 Å². The van der Waals surface area contributed by atoms with Crippen molar-refractivity contribution in [1.29, 1.82) is 0 Å². The Hall–Kier alpha value is -4.81. The normalized spacial score (nSPS) is 10.7. The molecular formula is C18H13N5O8. The number of hydrogen-bond acceptors (Lipinski definition) is 10. The van der Waals surface area contributed by atoms with E-state index in [2.05, 4.69) is 15.0 Å². The average molecular weight is 427 g/mol. The number of hydrogen-bond donors (Lipinski definition) is 2. The number of aromatic amines is 1. The first kappa shape index (κ1) is 20.9. The van der Waals surface area contributed by atoms with Gasteiger partial charge in [-0.05, 0) is 29.8 Å². The van der Waals surface area contributed by atoms with Crippen LogP contribution in [0.4, 0.5) is 11.4 Å². The molecule has 0 amide bonds. The molecule has 0 aliphatic carbocycles. The highest BCUT2D eigenvalue weighted by Crippen LogP contribution is 2.35. The summed E-state index contributed by atoms with van der Waals surface area (Å²) in [7, 11) is 1.37. The molecule has 3 aromatic rings. The number of rotatable bonds is 7. The molecule has 2 heterocycles. The number of aromatic nitrogens is 3. The lowest BCUT2D eigenvalue weighted by atomic mass is 10.2. The first-order valence-corrected chi connectivity index (χ1v) is 8.41. The summed E-state index contributed by atoms with van der Waals surface area (Å²) >= 11 is 0. The second kappa shape index (κ2) is 8.69. The number of methoxy groups -OCH3 is 1. The van der Waals surface area contributed by atoms with Crippen LogP contribution in [-0.4, -0.2) is 37.0 Å². The van der Waals surface area contributed by atoms with Gasteiger partial charge in [-0.2, -0.15) is 4.98 Å². The maximum Gasteiger partial charge on any atom is 0.395 e. The van der Waals surface area contributed by atoms with E-state index in [4.69, 9.17) is 9.47 Å². The second-order valence-corrected chi connectivity index (χ2v) is 5.81. The summed E-state index contributed by atoms with van der Waals surface area (Å²) in [5, 5.41) is 31.4. The van der Waals surface area contributed by atoms with Crippen LogP contribution in [0.5, 0.6) is 23.3 Å². The van der Waals surface area contributed by atoms with E-state index in [1.54, 1.807) is 6.07 Å². The Morgan fingerprint density at radius 3 is 2.55 bits per heavy atom. The minimum absolute atomic E-state index is 0.114. The fourth-order valence-electron chi connectivity index (χ4n) is 2.47. The number of nitrogens with one attached hydrogen (secondary N) is 1. The fourth-order valence-corrected chi connectivity index (χ4v) is 2.47. The first-order chi connectivity index (χ1) is 14.8. The van der Waals surface area contributed by atoms with Crippen molar-refractivity contribution in [2.45, 2.75) is 0 Å². The number of H-pyrrole nitrogens is 1. The molecule has 158 valence electrons. The molecule has 0 fully saturated rings. The van der Waals surface area contributed by atoms with Crippen molar-refractivity contribution >= 4 is 23.5 Å². The Morgan fingerprint density at radius 2 is 1.90 bits per heavy atom. The topological polar surface area (TPSA) is 184 Å². The minimum atomic E-state index is -1.10. The highest BCUT2D eigenvalue weighted by atomic mass is 16.6. The SMILES string of the molecule is COc1cc(C=Cc2nc(O)c([N+](=O)[O-])c(=O)[nH]2)ccc1Oc1ncccc1[N+](=O)[O-]. The predicted octanol–water partition coefficient (Wildman–Crippen LogP) is 2.66. The Labute approximate surface area is 172 Å². The zero-order chi connectivity index (χ0) is 22.5. The molecule has 13 heteroatoms. The van der Waals surface area contributed by atoms with Gasteiger partial charge in [-0.25, -0.2) is 4.98 Å². The molecule has 2 N–H and O–H groups in total. The van der Waals surface area contributed by atoms with Gasteiger partial charge in [-0.3, -0.25) is 25.0 Å². The van der Waals surface area contributed by atoms with Gasteiger partial charge in [0.15, 0.2) is 11.5 Å². The van der Waals surface area contributed by atoms with Gasteiger partial charge >= 0.3 is 16.9 Å². The third-order valence-corrected chi connectivity index (χ3v) is 3.85. The molecular weight excluding hydrogens is 414 g/mol. The van der Waals surface area contributed by atoms with Crippen LogP contribution in [0, 0.1) is 20.2 Å². The van der Waals surface area contributed by atoms with Crippen LogP contribution in [0.3, 0.4) is 0 Å². The maximum absolute atomic E-state index is 11.7. The molecule has 0 unspecified atom stereocenters. The van der Waals surface area contributed by atoms with Gasteiger partial charge < -0.3 is 19.6 Å². The van der Waals surface area contributed by atoms with Crippen molar-refractivity contribution in [2.75, 3.05) is 7.11 Å². The number of nitro groups is 2. The lowest BCUT2D eigenvalue weighted by Crippen LogP contribution is -2.14. The first-order valence-electron chi connectivity index (χ1n) is 8.41. The molecule has 0 bridgehead atoms. The van der Waals surface area contributed by atoms with Crippen LogP contribution in [0.15, 0.2) is 41.3 Å². The van der Waals surface area contributed by atoms with Gasteiger partial charge in [0, 0.05) is 12.3 Å². The number of benzene rings is 1. The molecule has 0 aliphatic rings. The number of ether oxygens (including phenoxy) is 2. The fraction of sp³-hybridized carbons (Fsp3) is 0.0556. The molecule has 13 nitrogen and oxygen atoms in total. The lowest BCUT2D eigenvalue weighted by Gasteiger charge is -2.10. The van der Waals surface area contributed by atoms with Crippen molar-refractivity contribution in [3.05, 3.63) is 78.5 Å². The van der Waals surface area contributed by atoms with E-state index in [0.717, 1.165) is 0 Å². The van der Waals surface area contributed by atoms with Gasteiger partial charge in [-0.15, -0.1) is 0 Å². The standard InChI is InChI=1S/C18H13N5O8/c1-30-13-9-10(5-7-14-20-16(24)15(23(28)29)17(25)21-14)4-6-12(13)31-18-11(22(26)27)3-2-8-19-18/h2-9H,1H3,(H2,20,21,24,25). The molecule has 2 aromatic heterocycles. The predicted molar refractivity (Wildman–Crippen MR) is 106 cm³/mol. The number of nitrogens with zero attached hydrogens (tertiary/aromatic N) is 4. The molecule has 0 spiro atoms. The average Bonchev–Trinajstić information content (AvgIpc) is 2.72. The van der Waals surface area contributed by atoms with Crippen molar-refractivity contribution in [3.63, 3.8) is 0 Å². The quantitative estimate of drug-likeness (QED) is 0.419. The number of pyridine rings is 1. The molecule has 0 atom stereocenters. The summed E-state index contributed by atoms with van der Waals surface area (Å²) in [6, 6.07) is 7.25. The third-order valence-electron chi connectivity index (χ3n) is 3.85. The summed E-state index contributed by atoms with van der Waals surface area (Å²) in [6.07, 6.45) is 4.14. The molecule has 0 radical (unpaired) electrons. The van der Waals surface area contributed by atoms with Crippen LogP contribution in [0.1, 0.15) is 11.4 Å². The highest BCUT2D eigenvalue weighted by molar-refractivity contribution is 5.69. The summed E-state index contributed by atoms with van der Waals surface area (Å²) < 4.78 is 10.8. The summed E-state index contributed by atoms with van der Waals surface area (Å²) in [6.45, 7) is 0. The smallest absolute Gasteiger partial charge is 0.395 e. The summed E-state index contributed by atoms with van der Waals surface area (Å²) in [5.74, 6) is -0.934. The maximum atomic E-state index is 11.7. The zero-order valence-corrected chi connectivity index (χ0v) is 15.7. The van der Waals surface area contributed by atoms with Gasteiger partial charge in [0.25, 0.3) is 11.8 Å². The molecule has 31 heavy (non-hydrogen) atoms. The largest absolute Gasteiger partial charge is 0.493 e. The van der Waals surface area contributed by atoms with Gasteiger partial charge in [-0.1, -0.05) is 12.1 Å². The second-order valence-electron chi connectivity index (χ2n) is 5.81.